The molecular weight excluding hydrogens is 229 g/mol. The molecule has 1 aromatic rings. The number of rotatable bonds is 2. The van der Waals surface area contributed by atoms with E-state index in [4.69, 9.17) is 5.73 Å². The number of nitro groups is 1. The van der Waals surface area contributed by atoms with Crippen LogP contribution in [0.2, 0.25) is 0 Å². The zero-order valence-electron chi connectivity index (χ0n) is 8.80. The molecule has 0 spiro atoms. The number of carbonyl (C=O) groups excluding carboxylic acids is 1. The zero-order valence-corrected chi connectivity index (χ0v) is 8.80. The average Bonchev–Trinajstić information content (AvgIpc) is 2.57. The van der Waals surface area contributed by atoms with E-state index in [1.807, 2.05) is 0 Å². The maximum absolute atomic E-state index is 13.4. The second kappa shape index (κ2) is 4.10. The number of hydrogen-bond acceptors (Lipinski definition) is 4. The maximum Gasteiger partial charge on any atom is 0.304 e. The van der Waals surface area contributed by atoms with Gasteiger partial charge in [0.25, 0.3) is 0 Å². The summed E-state index contributed by atoms with van der Waals surface area (Å²) in [6.07, 6.45) is 0.207. The number of carbonyl (C=O) groups is 1. The highest BCUT2D eigenvalue weighted by molar-refractivity contribution is 5.96. The molecule has 0 aromatic heterocycles. The summed E-state index contributed by atoms with van der Waals surface area (Å²) in [7, 11) is 0. The van der Waals surface area contributed by atoms with Crippen LogP contribution in [0.15, 0.2) is 18.2 Å². The maximum atomic E-state index is 13.4. The molecule has 0 saturated carbocycles. The first-order valence-corrected chi connectivity index (χ1v) is 4.99. The van der Waals surface area contributed by atoms with Crippen LogP contribution in [0.4, 0.5) is 15.8 Å². The van der Waals surface area contributed by atoms with Crippen molar-refractivity contribution in [1.29, 1.82) is 0 Å². The van der Waals surface area contributed by atoms with Gasteiger partial charge < -0.3 is 10.6 Å². The monoisotopic (exact) mass is 239 g/mol. The summed E-state index contributed by atoms with van der Waals surface area (Å²) >= 11 is 0. The lowest BCUT2D eigenvalue weighted by Crippen LogP contribution is -2.28. The Balaban J connectivity index is 2.32. The summed E-state index contributed by atoms with van der Waals surface area (Å²) in [5.74, 6) is -1.16. The second-order valence-electron chi connectivity index (χ2n) is 3.86. The van der Waals surface area contributed by atoms with Crippen LogP contribution in [0.1, 0.15) is 6.42 Å². The average molecular weight is 239 g/mol. The van der Waals surface area contributed by atoms with Crippen molar-refractivity contribution in [3.63, 3.8) is 0 Å². The number of nitrogens with two attached hydrogens (primary N) is 1. The Kier molecular flexibility index (Phi) is 2.76. The fourth-order valence-electron chi connectivity index (χ4n) is 1.80. The van der Waals surface area contributed by atoms with Crippen LogP contribution in [0.25, 0.3) is 0 Å². The zero-order chi connectivity index (χ0) is 12.6. The Hall–Kier alpha value is -2.02. The molecule has 1 unspecified atom stereocenters. The van der Waals surface area contributed by atoms with Crippen molar-refractivity contribution in [2.45, 2.75) is 12.5 Å². The van der Waals surface area contributed by atoms with Gasteiger partial charge in [-0.25, -0.2) is 0 Å². The Morgan fingerprint density at radius 3 is 2.71 bits per heavy atom. The van der Waals surface area contributed by atoms with Gasteiger partial charge in [-0.1, -0.05) is 0 Å². The molecule has 0 radical (unpaired) electrons. The third kappa shape index (κ3) is 2.09. The highest BCUT2D eigenvalue weighted by Crippen LogP contribution is 2.26. The summed E-state index contributed by atoms with van der Waals surface area (Å²) in [6, 6.07) is 3.09. The van der Waals surface area contributed by atoms with Crippen molar-refractivity contribution < 1.29 is 14.1 Å². The molecule has 7 heteroatoms. The molecule has 2 rings (SSSR count). The molecule has 90 valence electrons. The molecule has 2 N–H and O–H groups in total. The van der Waals surface area contributed by atoms with Gasteiger partial charge in [0.1, 0.15) is 0 Å². The van der Waals surface area contributed by atoms with E-state index in [1.54, 1.807) is 0 Å². The van der Waals surface area contributed by atoms with Gasteiger partial charge in [0.15, 0.2) is 0 Å². The number of nitrogens with zero attached hydrogens (tertiary/aromatic N) is 2. The fraction of sp³-hybridized carbons (Fsp3) is 0.300. The lowest BCUT2D eigenvalue weighted by atomic mass is 10.2. The van der Waals surface area contributed by atoms with E-state index in [1.165, 1.54) is 11.0 Å². The van der Waals surface area contributed by atoms with Crippen LogP contribution in [0, 0.1) is 15.9 Å². The summed E-state index contributed by atoms with van der Waals surface area (Å²) in [4.78, 5) is 22.5. The van der Waals surface area contributed by atoms with Gasteiger partial charge in [0.05, 0.1) is 4.92 Å². The van der Waals surface area contributed by atoms with E-state index in [-0.39, 0.29) is 18.4 Å². The van der Waals surface area contributed by atoms with E-state index in [0.29, 0.717) is 12.2 Å². The SMILES string of the molecule is NC1CC(=O)N(c2ccc([N+](=O)[O-])c(F)c2)C1. The van der Waals surface area contributed by atoms with Gasteiger partial charge in [0.2, 0.25) is 11.7 Å². The van der Waals surface area contributed by atoms with Crippen molar-refractivity contribution in [3.8, 4) is 0 Å². The Labute approximate surface area is 96.0 Å². The number of anilines is 1. The molecule has 1 fully saturated rings. The predicted octanol–water partition coefficient (Wildman–Crippen LogP) is 0.798. The molecule has 1 amide bonds. The van der Waals surface area contributed by atoms with Crippen molar-refractivity contribution in [2.24, 2.45) is 5.73 Å². The molecule has 0 aliphatic carbocycles. The quantitative estimate of drug-likeness (QED) is 0.610. The highest BCUT2D eigenvalue weighted by atomic mass is 19.1. The number of amides is 1. The molecule has 6 nitrogen and oxygen atoms in total. The smallest absolute Gasteiger partial charge is 0.304 e. The van der Waals surface area contributed by atoms with E-state index in [2.05, 4.69) is 0 Å². The Morgan fingerprint density at radius 1 is 1.53 bits per heavy atom. The van der Waals surface area contributed by atoms with Crippen LogP contribution >= 0.6 is 0 Å². The van der Waals surface area contributed by atoms with Crippen molar-refractivity contribution in [3.05, 3.63) is 34.1 Å². The van der Waals surface area contributed by atoms with Crippen LogP contribution in [0.3, 0.4) is 0 Å². The minimum atomic E-state index is -0.958. The lowest BCUT2D eigenvalue weighted by Gasteiger charge is -2.15. The normalized spacial score (nSPS) is 19.8. The molecule has 1 aliphatic heterocycles. The summed E-state index contributed by atoms with van der Waals surface area (Å²) in [5, 5.41) is 10.4. The van der Waals surface area contributed by atoms with E-state index < -0.39 is 16.4 Å². The molecular formula is C10H10FN3O3. The Morgan fingerprint density at radius 2 is 2.24 bits per heavy atom. The van der Waals surface area contributed by atoms with Gasteiger partial charge in [-0.05, 0) is 6.07 Å². The second-order valence-corrected chi connectivity index (χ2v) is 3.86. The number of nitro benzene ring substituents is 1. The van der Waals surface area contributed by atoms with Gasteiger partial charge >= 0.3 is 5.69 Å². The third-order valence-electron chi connectivity index (χ3n) is 2.59. The lowest BCUT2D eigenvalue weighted by molar-refractivity contribution is -0.387. The van der Waals surface area contributed by atoms with E-state index >= 15 is 0 Å². The van der Waals surface area contributed by atoms with Gasteiger partial charge in [-0.2, -0.15) is 4.39 Å². The van der Waals surface area contributed by atoms with Crippen LogP contribution in [-0.2, 0) is 4.79 Å². The van der Waals surface area contributed by atoms with Gasteiger partial charge in [0, 0.05) is 36.8 Å². The molecule has 0 bridgehead atoms. The Bertz CT molecular complexity index is 492. The highest BCUT2D eigenvalue weighted by Gasteiger charge is 2.29. The first-order chi connectivity index (χ1) is 7.99. The topological polar surface area (TPSA) is 89.5 Å². The minimum Gasteiger partial charge on any atom is -0.326 e. The number of halogens is 1. The largest absolute Gasteiger partial charge is 0.326 e. The van der Waals surface area contributed by atoms with E-state index in [9.17, 15) is 19.3 Å². The van der Waals surface area contributed by atoms with Crippen LogP contribution in [-0.4, -0.2) is 23.4 Å². The predicted molar refractivity (Wildman–Crippen MR) is 58.0 cm³/mol. The van der Waals surface area contributed by atoms with Crippen LogP contribution < -0.4 is 10.6 Å². The fourth-order valence-corrected chi connectivity index (χ4v) is 1.80. The van der Waals surface area contributed by atoms with Gasteiger partial charge in [-0.15, -0.1) is 0 Å². The minimum absolute atomic E-state index is 0.203. The standard InChI is InChI=1S/C10H10FN3O3/c11-8-4-7(1-2-9(8)14(16)17)13-5-6(12)3-10(13)15/h1-2,4,6H,3,5,12H2. The molecule has 1 heterocycles. The van der Waals surface area contributed by atoms with Crippen molar-refractivity contribution in [1.82, 2.24) is 0 Å². The summed E-state index contributed by atoms with van der Waals surface area (Å²) < 4.78 is 13.4. The number of benzene rings is 1. The molecule has 17 heavy (non-hydrogen) atoms. The first kappa shape index (κ1) is 11.5. The van der Waals surface area contributed by atoms with Crippen molar-refractivity contribution in [2.75, 3.05) is 11.4 Å². The third-order valence-corrected chi connectivity index (χ3v) is 2.59. The van der Waals surface area contributed by atoms with Gasteiger partial charge in [-0.3, -0.25) is 14.9 Å². The summed E-state index contributed by atoms with van der Waals surface area (Å²) in [6.45, 7) is 0.302. The number of hydrogen-bond donors (Lipinski definition) is 1. The molecule has 1 saturated heterocycles. The molecule has 1 atom stereocenters. The first-order valence-electron chi connectivity index (χ1n) is 4.99. The molecule has 1 aliphatic rings. The van der Waals surface area contributed by atoms with E-state index in [0.717, 1.165) is 12.1 Å². The van der Waals surface area contributed by atoms with Crippen LogP contribution in [0.5, 0.6) is 0 Å². The molecule has 1 aromatic carbocycles. The summed E-state index contributed by atoms with van der Waals surface area (Å²) in [5.41, 5.74) is 5.30. The van der Waals surface area contributed by atoms with Crippen molar-refractivity contribution >= 4 is 17.3 Å².